The highest BCUT2D eigenvalue weighted by Crippen LogP contribution is 2.48. The van der Waals surface area contributed by atoms with Gasteiger partial charge in [0.15, 0.2) is 0 Å². The zero-order chi connectivity index (χ0) is 20.7. The van der Waals surface area contributed by atoms with Gasteiger partial charge >= 0.3 is 0 Å². The average Bonchev–Trinajstić information content (AvgIpc) is 3.24. The molecule has 0 saturated heterocycles. The van der Waals surface area contributed by atoms with E-state index in [1.54, 1.807) is 14.2 Å². The van der Waals surface area contributed by atoms with Crippen LogP contribution in [0.5, 0.6) is 17.2 Å². The summed E-state index contributed by atoms with van der Waals surface area (Å²) >= 11 is 6.30. The van der Waals surface area contributed by atoms with Gasteiger partial charge in [-0.15, -0.1) is 0 Å². The Kier molecular flexibility index (Phi) is 4.75. The first-order valence-corrected chi connectivity index (χ1v) is 10.1. The molecular formula is C24H21ClN2O3. The van der Waals surface area contributed by atoms with Gasteiger partial charge in [0.2, 0.25) is 6.23 Å². The lowest BCUT2D eigenvalue weighted by Crippen LogP contribution is -2.33. The molecule has 0 saturated carbocycles. The highest BCUT2D eigenvalue weighted by atomic mass is 35.5. The first kappa shape index (κ1) is 18.8. The standard InChI is InChI=1S/C24H21ClN2O3/c1-28-18-8-3-15(4-9-18)21-14-22-20-13-17(25)7-12-23(20)30-24(27(22)26-21)16-5-10-19(29-2)11-6-16/h3-13,22,24H,14H2,1-2H3/t22-,24+/m0/s1. The zero-order valence-electron chi connectivity index (χ0n) is 16.7. The summed E-state index contributed by atoms with van der Waals surface area (Å²) < 4.78 is 17.0. The molecule has 5 rings (SSSR count). The molecule has 0 fully saturated rings. The summed E-state index contributed by atoms with van der Waals surface area (Å²) in [6, 6.07) is 21.7. The fourth-order valence-electron chi connectivity index (χ4n) is 4.00. The van der Waals surface area contributed by atoms with Crippen LogP contribution in [0.3, 0.4) is 0 Å². The zero-order valence-corrected chi connectivity index (χ0v) is 17.5. The second-order valence-electron chi connectivity index (χ2n) is 7.30. The molecule has 3 aromatic carbocycles. The van der Waals surface area contributed by atoms with Crippen molar-refractivity contribution in [2.75, 3.05) is 14.2 Å². The Morgan fingerprint density at radius 1 is 0.933 bits per heavy atom. The van der Waals surface area contributed by atoms with E-state index in [2.05, 4.69) is 0 Å². The fraction of sp³-hybridized carbons (Fsp3) is 0.208. The van der Waals surface area contributed by atoms with Crippen LogP contribution in [0.4, 0.5) is 0 Å². The van der Waals surface area contributed by atoms with Crippen molar-refractivity contribution in [3.05, 3.63) is 88.4 Å². The molecule has 0 spiro atoms. The van der Waals surface area contributed by atoms with Crippen molar-refractivity contribution >= 4 is 17.3 Å². The fourth-order valence-corrected chi connectivity index (χ4v) is 4.19. The van der Waals surface area contributed by atoms with Gasteiger partial charge in [-0.05, 0) is 72.3 Å². The monoisotopic (exact) mass is 420 g/mol. The molecule has 5 nitrogen and oxygen atoms in total. The van der Waals surface area contributed by atoms with Crippen LogP contribution in [0.15, 0.2) is 71.8 Å². The highest BCUT2D eigenvalue weighted by Gasteiger charge is 2.41. The van der Waals surface area contributed by atoms with E-state index in [4.69, 9.17) is 30.9 Å². The molecule has 0 amide bonds. The van der Waals surface area contributed by atoms with Crippen LogP contribution in [0, 0.1) is 0 Å². The number of ether oxygens (including phenoxy) is 3. The van der Waals surface area contributed by atoms with E-state index in [1.807, 2.05) is 71.7 Å². The predicted molar refractivity (Wildman–Crippen MR) is 117 cm³/mol. The van der Waals surface area contributed by atoms with E-state index in [0.29, 0.717) is 5.02 Å². The minimum absolute atomic E-state index is 0.0525. The maximum absolute atomic E-state index is 6.38. The van der Waals surface area contributed by atoms with Crippen molar-refractivity contribution in [1.29, 1.82) is 0 Å². The topological polar surface area (TPSA) is 43.3 Å². The van der Waals surface area contributed by atoms with Gasteiger partial charge in [-0.2, -0.15) is 5.10 Å². The number of fused-ring (bicyclic) bond motifs is 3. The number of benzene rings is 3. The van der Waals surface area contributed by atoms with Crippen molar-refractivity contribution in [2.24, 2.45) is 5.10 Å². The number of methoxy groups -OCH3 is 2. The van der Waals surface area contributed by atoms with Crippen LogP contribution in [-0.2, 0) is 0 Å². The molecule has 6 heteroatoms. The van der Waals surface area contributed by atoms with Crippen molar-refractivity contribution in [3.8, 4) is 17.2 Å². The molecule has 2 aliphatic rings. The van der Waals surface area contributed by atoms with Crippen LogP contribution >= 0.6 is 11.6 Å². The smallest absolute Gasteiger partial charge is 0.213 e. The minimum atomic E-state index is -0.328. The van der Waals surface area contributed by atoms with E-state index < -0.39 is 0 Å². The Labute approximate surface area is 180 Å². The third-order valence-corrected chi connectivity index (χ3v) is 5.81. The van der Waals surface area contributed by atoms with Crippen LogP contribution in [0.1, 0.15) is 35.4 Å². The van der Waals surface area contributed by atoms with Gasteiger partial charge in [0.25, 0.3) is 0 Å². The lowest BCUT2D eigenvalue weighted by atomic mass is 9.96. The Bertz CT molecular complexity index is 1100. The molecule has 2 heterocycles. The number of hydrogen-bond acceptors (Lipinski definition) is 5. The molecule has 0 aromatic heterocycles. The first-order chi connectivity index (χ1) is 14.7. The Morgan fingerprint density at radius 3 is 2.27 bits per heavy atom. The summed E-state index contributed by atoms with van der Waals surface area (Å²) in [6.07, 6.45) is 0.445. The SMILES string of the molecule is COc1ccc(C2=NN3[C@@H](c4ccc(OC)cc4)Oc4ccc(Cl)cc4[C@@H]3C2)cc1. The van der Waals surface area contributed by atoms with Crippen molar-refractivity contribution in [1.82, 2.24) is 5.01 Å². The molecular weight excluding hydrogens is 400 g/mol. The lowest BCUT2D eigenvalue weighted by molar-refractivity contribution is -0.0190. The molecule has 2 atom stereocenters. The van der Waals surface area contributed by atoms with Gasteiger partial charge in [-0.25, -0.2) is 5.01 Å². The van der Waals surface area contributed by atoms with Crippen LogP contribution in [-0.4, -0.2) is 24.9 Å². The summed E-state index contributed by atoms with van der Waals surface area (Å²) in [5.41, 5.74) is 4.15. The molecule has 30 heavy (non-hydrogen) atoms. The Balaban J connectivity index is 1.56. The second-order valence-corrected chi connectivity index (χ2v) is 7.74. The summed E-state index contributed by atoms with van der Waals surface area (Å²) in [7, 11) is 3.33. The summed E-state index contributed by atoms with van der Waals surface area (Å²) in [5.74, 6) is 2.47. The molecule has 0 bridgehead atoms. The molecule has 3 aromatic rings. The minimum Gasteiger partial charge on any atom is -0.497 e. The predicted octanol–water partition coefficient (Wildman–Crippen LogP) is 5.60. The third kappa shape index (κ3) is 3.25. The normalized spacial score (nSPS) is 19.4. The second kappa shape index (κ2) is 7.58. The van der Waals surface area contributed by atoms with Crippen LogP contribution in [0.2, 0.25) is 5.02 Å². The van der Waals surface area contributed by atoms with E-state index >= 15 is 0 Å². The average molecular weight is 421 g/mol. The van der Waals surface area contributed by atoms with Gasteiger partial charge in [0.05, 0.1) is 26.0 Å². The van der Waals surface area contributed by atoms with E-state index in [0.717, 1.165) is 46.1 Å². The van der Waals surface area contributed by atoms with Crippen molar-refractivity contribution in [3.63, 3.8) is 0 Å². The maximum Gasteiger partial charge on any atom is 0.213 e. The molecule has 0 unspecified atom stereocenters. The molecule has 152 valence electrons. The molecule has 0 aliphatic carbocycles. The van der Waals surface area contributed by atoms with E-state index in [1.165, 1.54) is 0 Å². The van der Waals surface area contributed by atoms with Gasteiger partial charge in [-0.3, -0.25) is 0 Å². The Morgan fingerprint density at radius 2 is 1.60 bits per heavy atom. The first-order valence-electron chi connectivity index (χ1n) is 9.76. The summed E-state index contributed by atoms with van der Waals surface area (Å²) in [5, 5.41) is 7.71. The molecule has 2 aliphatic heterocycles. The molecule has 0 N–H and O–H groups in total. The number of hydrazone groups is 1. The Hall–Kier alpha value is -3.18. The lowest BCUT2D eigenvalue weighted by Gasteiger charge is -2.38. The van der Waals surface area contributed by atoms with Crippen molar-refractivity contribution < 1.29 is 14.2 Å². The van der Waals surface area contributed by atoms with E-state index in [9.17, 15) is 0 Å². The maximum atomic E-state index is 6.38. The largest absolute Gasteiger partial charge is 0.497 e. The number of hydrogen-bond donors (Lipinski definition) is 0. The number of rotatable bonds is 4. The number of halogens is 1. The highest BCUT2D eigenvalue weighted by molar-refractivity contribution is 6.30. The van der Waals surface area contributed by atoms with Crippen LogP contribution in [0.25, 0.3) is 0 Å². The van der Waals surface area contributed by atoms with Gasteiger partial charge < -0.3 is 14.2 Å². The van der Waals surface area contributed by atoms with Gasteiger partial charge in [0.1, 0.15) is 17.2 Å². The van der Waals surface area contributed by atoms with Crippen LogP contribution < -0.4 is 14.2 Å². The quantitative estimate of drug-likeness (QED) is 0.551. The summed E-state index contributed by atoms with van der Waals surface area (Å²) in [6.45, 7) is 0. The van der Waals surface area contributed by atoms with Gasteiger partial charge in [0, 0.05) is 22.6 Å². The van der Waals surface area contributed by atoms with E-state index in [-0.39, 0.29) is 12.3 Å². The van der Waals surface area contributed by atoms with Gasteiger partial charge in [-0.1, -0.05) is 11.6 Å². The third-order valence-electron chi connectivity index (χ3n) is 5.58. The number of nitrogens with zero attached hydrogens (tertiary/aromatic N) is 2. The van der Waals surface area contributed by atoms with Crippen molar-refractivity contribution in [2.45, 2.75) is 18.7 Å². The molecule has 0 radical (unpaired) electrons. The summed E-state index contributed by atoms with van der Waals surface area (Å²) in [4.78, 5) is 0.